The molecular weight excluding hydrogens is 294 g/mol. The average Bonchev–Trinajstić information content (AvgIpc) is 3.07. The Bertz CT molecular complexity index is 764. The lowest BCUT2D eigenvalue weighted by Crippen LogP contribution is -2.28. The maximum absolute atomic E-state index is 12.5. The second-order valence-electron chi connectivity index (χ2n) is 4.66. The van der Waals surface area contributed by atoms with Gasteiger partial charge in [-0.2, -0.15) is 0 Å². The van der Waals surface area contributed by atoms with Gasteiger partial charge in [0.05, 0.1) is 5.69 Å². The number of anilines is 1. The number of carbonyl (C=O) groups is 1. The van der Waals surface area contributed by atoms with E-state index in [0.29, 0.717) is 28.4 Å². The molecule has 2 aromatic rings. The Morgan fingerprint density at radius 2 is 2.10 bits per heavy atom. The molecule has 0 saturated carbocycles. The van der Waals surface area contributed by atoms with E-state index in [0.717, 1.165) is 5.56 Å². The van der Waals surface area contributed by atoms with Crippen LogP contribution in [-0.4, -0.2) is 20.7 Å². The van der Waals surface area contributed by atoms with Crippen LogP contribution in [0.15, 0.2) is 39.9 Å². The van der Waals surface area contributed by atoms with E-state index in [4.69, 9.17) is 0 Å². The molecule has 0 spiro atoms. The lowest BCUT2D eigenvalue weighted by Gasteiger charge is -2.18. The normalized spacial score (nSPS) is 14.3. The zero-order valence-corrected chi connectivity index (χ0v) is 12.5. The zero-order valence-electron chi connectivity index (χ0n) is 10.9. The summed E-state index contributed by atoms with van der Waals surface area (Å²) in [6.07, 6.45) is 0.640. The minimum Gasteiger partial charge on any atom is -0.295 e. The van der Waals surface area contributed by atoms with E-state index in [-0.39, 0.29) is 5.78 Å². The maximum atomic E-state index is 12.5. The van der Waals surface area contributed by atoms with Gasteiger partial charge in [0.2, 0.25) is 0 Å². The molecule has 1 aliphatic heterocycles. The molecule has 20 heavy (non-hydrogen) atoms. The van der Waals surface area contributed by atoms with E-state index in [1.807, 2.05) is 0 Å². The van der Waals surface area contributed by atoms with Crippen LogP contribution >= 0.6 is 11.3 Å². The number of thiophene rings is 1. The van der Waals surface area contributed by atoms with Crippen molar-refractivity contribution in [2.75, 3.05) is 10.8 Å². The number of ketones is 1. The van der Waals surface area contributed by atoms with Crippen LogP contribution in [0.4, 0.5) is 5.69 Å². The highest BCUT2D eigenvalue weighted by Gasteiger charge is 2.31. The van der Waals surface area contributed by atoms with Crippen LogP contribution < -0.4 is 4.31 Å². The monoisotopic (exact) mass is 307 g/mol. The molecule has 6 heteroatoms. The standard InChI is InChI=1S/C14H13NO3S2/c1-10(16)11-4-5-13-12(9-11)6-7-15(13)20(17,18)14-3-2-8-19-14/h2-5,8-9H,6-7H2,1H3. The summed E-state index contributed by atoms with van der Waals surface area (Å²) in [6, 6.07) is 8.55. The van der Waals surface area contributed by atoms with Crippen LogP contribution in [0.2, 0.25) is 0 Å². The molecule has 0 saturated heterocycles. The summed E-state index contributed by atoms with van der Waals surface area (Å²) in [5.74, 6) is -0.00707. The van der Waals surface area contributed by atoms with Crippen molar-refractivity contribution in [1.29, 1.82) is 0 Å². The minimum absolute atomic E-state index is 0.00707. The summed E-state index contributed by atoms with van der Waals surface area (Å²) in [4.78, 5) is 11.4. The fourth-order valence-corrected chi connectivity index (χ4v) is 4.97. The molecule has 0 atom stereocenters. The lowest BCUT2D eigenvalue weighted by molar-refractivity contribution is 0.101. The Balaban J connectivity index is 2.04. The van der Waals surface area contributed by atoms with Gasteiger partial charge in [-0.15, -0.1) is 11.3 Å². The highest BCUT2D eigenvalue weighted by molar-refractivity contribution is 7.94. The molecule has 0 aliphatic carbocycles. The van der Waals surface area contributed by atoms with Gasteiger partial charge in [-0.25, -0.2) is 8.42 Å². The number of sulfonamides is 1. The first-order valence-corrected chi connectivity index (χ1v) is 8.52. The van der Waals surface area contributed by atoms with Crippen LogP contribution in [0.1, 0.15) is 22.8 Å². The van der Waals surface area contributed by atoms with Gasteiger partial charge in [0.25, 0.3) is 10.0 Å². The summed E-state index contributed by atoms with van der Waals surface area (Å²) < 4.78 is 26.9. The quantitative estimate of drug-likeness (QED) is 0.819. The predicted octanol–water partition coefficient (Wildman–Crippen LogP) is 2.70. The molecule has 4 nitrogen and oxygen atoms in total. The van der Waals surface area contributed by atoms with Crippen molar-refractivity contribution in [3.63, 3.8) is 0 Å². The third kappa shape index (κ3) is 2.05. The Hall–Kier alpha value is -1.66. The third-order valence-corrected chi connectivity index (χ3v) is 6.56. The van der Waals surface area contributed by atoms with Gasteiger partial charge in [-0.05, 0) is 48.6 Å². The molecule has 0 bridgehead atoms. The molecule has 0 amide bonds. The second kappa shape index (κ2) is 4.71. The van der Waals surface area contributed by atoms with Gasteiger partial charge < -0.3 is 0 Å². The van der Waals surface area contributed by atoms with E-state index < -0.39 is 10.0 Å². The van der Waals surface area contributed by atoms with Crippen LogP contribution in [0, 0.1) is 0 Å². The van der Waals surface area contributed by atoms with Gasteiger partial charge in [0.15, 0.2) is 5.78 Å². The van der Waals surface area contributed by atoms with Crippen LogP contribution in [0.5, 0.6) is 0 Å². The zero-order chi connectivity index (χ0) is 14.3. The fraction of sp³-hybridized carbons (Fsp3) is 0.214. The van der Waals surface area contributed by atoms with Crippen molar-refractivity contribution >= 4 is 32.8 Å². The van der Waals surface area contributed by atoms with E-state index in [1.165, 1.54) is 22.6 Å². The van der Waals surface area contributed by atoms with Crippen molar-refractivity contribution < 1.29 is 13.2 Å². The van der Waals surface area contributed by atoms with Crippen LogP contribution in [-0.2, 0) is 16.4 Å². The summed E-state index contributed by atoms with van der Waals surface area (Å²) >= 11 is 1.22. The highest BCUT2D eigenvalue weighted by atomic mass is 32.2. The van der Waals surface area contributed by atoms with E-state index in [1.54, 1.807) is 35.7 Å². The lowest BCUT2D eigenvalue weighted by atomic mass is 10.1. The summed E-state index contributed by atoms with van der Waals surface area (Å²) in [7, 11) is -3.47. The number of Topliss-reactive ketones (excluding diaryl/α,β-unsaturated/α-hetero) is 1. The number of fused-ring (bicyclic) bond motifs is 1. The Morgan fingerprint density at radius 1 is 1.30 bits per heavy atom. The fourth-order valence-electron chi connectivity index (χ4n) is 2.36. The van der Waals surface area contributed by atoms with Crippen molar-refractivity contribution in [2.45, 2.75) is 17.6 Å². The molecule has 0 N–H and O–H groups in total. The van der Waals surface area contributed by atoms with E-state index >= 15 is 0 Å². The predicted molar refractivity (Wildman–Crippen MR) is 79.0 cm³/mol. The molecule has 1 aromatic heterocycles. The Kier molecular flexibility index (Phi) is 3.14. The number of hydrogen-bond acceptors (Lipinski definition) is 4. The van der Waals surface area contributed by atoms with Crippen LogP contribution in [0.3, 0.4) is 0 Å². The first-order chi connectivity index (χ1) is 9.50. The first-order valence-electron chi connectivity index (χ1n) is 6.20. The molecular formula is C14H13NO3S2. The number of nitrogens with zero attached hydrogens (tertiary/aromatic N) is 1. The third-order valence-electron chi connectivity index (χ3n) is 3.38. The van der Waals surface area contributed by atoms with Crippen molar-refractivity contribution in [3.8, 4) is 0 Å². The topological polar surface area (TPSA) is 54.5 Å². The minimum atomic E-state index is -3.47. The number of rotatable bonds is 3. The SMILES string of the molecule is CC(=O)c1ccc2c(c1)CCN2S(=O)(=O)c1cccs1. The summed E-state index contributed by atoms with van der Waals surface area (Å²) in [5, 5.41) is 1.75. The van der Waals surface area contributed by atoms with Crippen molar-refractivity contribution in [2.24, 2.45) is 0 Å². The smallest absolute Gasteiger partial charge is 0.273 e. The van der Waals surface area contributed by atoms with E-state index in [2.05, 4.69) is 0 Å². The van der Waals surface area contributed by atoms with Gasteiger partial charge in [-0.1, -0.05) is 6.07 Å². The van der Waals surface area contributed by atoms with Gasteiger partial charge in [0.1, 0.15) is 4.21 Å². The van der Waals surface area contributed by atoms with E-state index in [9.17, 15) is 13.2 Å². The molecule has 2 heterocycles. The number of hydrogen-bond donors (Lipinski definition) is 0. The average molecular weight is 307 g/mol. The Morgan fingerprint density at radius 3 is 2.75 bits per heavy atom. The molecule has 1 aliphatic rings. The molecule has 0 fully saturated rings. The van der Waals surface area contributed by atoms with Gasteiger partial charge in [0, 0.05) is 12.1 Å². The largest absolute Gasteiger partial charge is 0.295 e. The molecule has 0 radical (unpaired) electrons. The number of benzene rings is 1. The maximum Gasteiger partial charge on any atom is 0.273 e. The second-order valence-corrected chi connectivity index (χ2v) is 7.70. The number of carbonyl (C=O) groups excluding carboxylic acids is 1. The molecule has 1 aromatic carbocycles. The van der Waals surface area contributed by atoms with Crippen molar-refractivity contribution in [3.05, 3.63) is 46.8 Å². The molecule has 0 unspecified atom stereocenters. The summed E-state index contributed by atoms with van der Waals surface area (Å²) in [6.45, 7) is 1.94. The summed E-state index contributed by atoms with van der Waals surface area (Å²) in [5.41, 5.74) is 2.22. The highest BCUT2D eigenvalue weighted by Crippen LogP contribution is 2.34. The van der Waals surface area contributed by atoms with Crippen LogP contribution in [0.25, 0.3) is 0 Å². The van der Waals surface area contributed by atoms with Gasteiger partial charge in [-0.3, -0.25) is 9.10 Å². The Labute approximate surface area is 121 Å². The molecule has 3 rings (SSSR count). The first kappa shape index (κ1) is 13.3. The van der Waals surface area contributed by atoms with Crippen molar-refractivity contribution in [1.82, 2.24) is 0 Å². The molecule has 104 valence electrons. The van der Waals surface area contributed by atoms with Gasteiger partial charge >= 0.3 is 0 Å².